The number of halogens is 3. The van der Waals surface area contributed by atoms with E-state index in [4.69, 9.17) is 27.9 Å². The van der Waals surface area contributed by atoms with E-state index in [1.807, 2.05) is 0 Å². The molecule has 5 nitrogen and oxygen atoms in total. The van der Waals surface area contributed by atoms with Gasteiger partial charge in [-0.25, -0.2) is 4.39 Å². The summed E-state index contributed by atoms with van der Waals surface area (Å²) in [5.41, 5.74) is 0.614. The van der Waals surface area contributed by atoms with Crippen LogP contribution in [0.2, 0.25) is 10.0 Å². The Morgan fingerprint density at radius 1 is 1.29 bits per heavy atom. The molecule has 2 amide bonds. The molecule has 0 bridgehead atoms. The number of carbonyl (C=O) groups excluding carboxylic acids is 2. The molecule has 0 saturated heterocycles. The van der Waals surface area contributed by atoms with E-state index >= 15 is 0 Å². The molecule has 2 N–H and O–H groups in total. The Kier molecular flexibility index (Phi) is 4.34. The lowest BCUT2D eigenvalue weighted by molar-refractivity contribution is -0.117. The van der Waals surface area contributed by atoms with Crippen molar-refractivity contribution in [1.29, 1.82) is 0 Å². The van der Waals surface area contributed by atoms with Gasteiger partial charge in [-0.05, 0) is 18.2 Å². The molecule has 3 rings (SSSR count). The number of amides is 2. The molecule has 0 fully saturated rings. The van der Waals surface area contributed by atoms with E-state index in [2.05, 4.69) is 10.6 Å². The summed E-state index contributed by atoms with van der Waals surface area (Å²) in [4.78, 5) is 24.4. The minimum absolute atomic E-state index is 0.190. The molecule has 2 aromatic rings. The van der Waals surface area contributed by atoms with E-state index in [9.17, 15) is 14.0 Å². The Hall–Kier alpha value is -2.31. The van der Waals surface area contributed by atoms with Crippen LogP contribution in [0.25, 0.3) is 0 Å². The molecule has 1 aliphatic rings. The predicted molar refractivity (Wildman–Crippen MR) is 88.3 cm³/mol. The van der Waals surface area contributed by atoms with Gasteiger partial charge in [-0.15, -0.1) is 0 Å². The number of hydrogen-bond donors (Lipinski definition) is 2. The van der Waals surface area contributed by atoms with E-state index < -0.39 is 23.7 Å². The van der Waals surface area contributed by atoms with Crippen molar-refractivity contribution in [1.82, 2.24) is 5.32 Å². The van der Waals surface area contributed by atoms with Crippen LogP contribution >= 0.6 is 23.2 Å². The van der Waals surface area contributed by atoms with E-state index in [1.54, 1.807) is 6.07 Å². The van der Waals surface area contributed by atoms with Gasteiger partial charge in [-0.3, -0.25) is 9.59 Å². The van der Waals surface area contributed by atoms with Crippen LogP contribution in [0.3, 0.4) is 0 Å². The number of rotatable bonds is 3. The second-order valence-corrected chi connectivity index (χ2v) is 5.85. The van der Waals surface area contributed by atoms with Crippen molar-refractivity contribution in [2.24, 2.45) is 0 Å². The van der Waals surface area contributed by atoms with Crippen molar-refractivity contribution in [2.45, 2.75) is 6.04 Å². The molecule has 0 unspecified atom stereocenters. The fourth-order valence-electron chi connectivity index (χ4n) is 2.43. The van der Waals surface area contributed by atoms with Gasteiger partial charge in [0.05, 0.1) is 28.4 Å². The molecule has 0 radical (unpaired) electrons. The molecule has 8 heteroatoms. The molecule has 0 aliphatic carbocycles. The highest BCUT2D eigenvalue weighted by Gasteiger charge is 2.34. The van der Waals surface area contributed by atoms with Crippen molar-refractivity contribution in [3.05, 3.63) is 57.3 Å². The van der Waals surface area contributed by atoms with Crippen molar-refractivity contribution in [3.63, 3.8) is 0 Å². The maximum Gasteiger partial charge on any atom is 0.255 e. The Morgan fingerprint density at radius 2 is 2.04 bits per heavy atom. The molecule has 1 aliphatic heterocycles. The average Bonchev–Trinajstić information content (AvgIpc) is 2.87. The number of benzene rings is 2. The number of ether oxygens (including phenoxy) is 1. The summed E-state index contributed by atoms with van der Waals surface area (Å²) >= 11 is 12.0. The van der Waals surface area contributed by atoms with Crippen molar-refractivity contribution >= 4 is 40.7 Å². The third kappa shape index (κ3) is 2.79. The molecule has 1 atom stereocenters. The van der Waals surface area contributed by atoms with Gasteiger partial charge >= 0.3 is 0 Å². The summed E-state index contributed by atoms with van der Waals surface area (Å²) in [6.07, 6.45) is 0. The highest BCUT2D eigenvalue weighted by Crippen LogP contribution is 2.40. The van der Waals surface area contributed by atoms with Crippen molar-refractivity contribution in [3.8, 4) is 5.75 Å². The van der Waals surface area contributed by atoms with Crippen molar-refractivity contribution < 1.29 is 18.7 Å². The van der Waals surface area contributed by atoms with E-state index in [0.29, 0.717) is 11.3 Å². The van der Waals surface area contributed by atoms with E-state index in [-0.39, 0.29) is 21.4 Å². The van der Waals surface area contributed by atoms with Crippen LogP contribution in [0, 0.1) is 5.82 Å². The van der Waals surface area contributed by atoms with Gasteiger partial charge in [0, 0.05) is 11.6 Å². The summed E-state index contributed by atoms with van der Waals surface area (Å²) < 4.78 is 18.9. The number of anilines is 1. The maximum atomic E-state index is 14.0. The largest absolute Gasteiger partial charge is 0.497 e. The van der Waals surface area contributed by atoms with Gasteiger partial charge in [-0.1, -0.05) is 29.3 Å². The quantitative estimate of drug-likeness (QED) is 0.870. The molecular weight excluding hydrogens is 358 g/mol. The molecule has 124 valence electrons. The number of methoxy groups -OCH3 is 1. The lowest BCUT2D eigenvalue weighted by atomic mass is 10.1. The molecule has 0 aromatic heterocycles. The number of hydrogen-bond acceptors (Lipinski definition) is 3. The summed E-state index contributed by atoms with van der Waals surface area (Å²) in [5, 5.41) is 5.53. The van der Waals surface area contributed by atoms with Gasteiger partial charge < -0.3 is 15.4 Å². The first-order valence-corrected chi connectivity index (χ1v) is 7.61. The fourth-order valence-corrected chi connectivity index (χ4v) is 2.81. The molecule has 0 saturated carbocycles. The highest BCUT2D eigenvalue weighted by molar-refractivity contribution is 6.44. The van der Waals surface area contributed by atoms with Gasteiger partial charge in [0.2, 0.25) is 0 Å². The van der Waals surface area contributed by atoms with Crippen LogP contribution in [-0.4, -0.2) is 18.9 Å². The van der Waals surface area contributed by atoms with Gasteiger partial charge in [0.15, 0.2) is 0 Å². The maximum absolute atomic E-state index is 14.0. The summed E-state index contributed by atoms with van der Waals surface area (Å²) in [6.45, 7) is 0. The third-order valence-corrected chi connectivity index (χ3v) is 4.45. The van der Waals surface area contributed by atoms with Gasteiger partial charge in [-0.2, -0.15) is 0 Å². The monoisotopic (exact) mass is 368 g/mol. The number of nitrogens with one attached hydrogen (secondary N) is 2. The third-order valence-electron chi connectivity index (χ3n) is 3.64. The first-order chi connectivity index (χ1) is 11.4. The minimum atomic E-state index is -0.983. The smallest absolute Gasteiger partial charge is 0.255 e. The van der Waals surface area contributed by atoms with E-state index in [1.165, 1.54) is 25.3 Å². The van der Waals surface area contributed by atoms with Crippen LogP contribution < -0.4 is 15.4 Å². The molecule has 2 aromatic carbocycles. The van der Waals surface area contributed by atoms with Crippen LogP contribution in [0.1, 0.15) is 22.0 Å². The predicted octanol–water partition coefficient (Wildman–Crippen LogP) is 3.56. The first-order valence-electron chi connectivity index (χ1n) is 6.85. The average molecular weight is 369 g/mol. The second kappa shape index (κ2) is 6.30. The molecular formula is C16H11Cl2FN2O3. The zero-order chi connectivity index (χ0) is 17.4. The molecule has 1 heterocycles. The Morgan fingerprint density at radius 3 is 2.71 bits per heavy atom. The lowest BCUT2D eigenvalue weighted by Crippen LogP contribution is -2.33. The van der Waals surface area contributed by atoms with Gasteiger partial charge in [0.1, 0.15) is 17.6 Å². The van der Waals surface area contributed by atoms with Crippen molar-refractivity contribution in [2.75, 3.05) is 12.4 Å². The lowest BCUT2D eigenvalue weighted by Gasteiger charge is -2.13. The van der Waals surface area contributed by atoms with E-state index in [0.717, 1.165) is 6.07 Å². The van der Waals surface area contributed by atoms with Crippen LogP contribution in [0.4, 0.5) is 10.1 Å². The summed E-state index contributed by atoms with van der Waals surface area (Å²) in [5.74, 6) is -1.67. The highest BCUT2D eigenvalue weighted by atomic mass is 35.5. The first kappa shape index (κ1) is 16.5. The zero-order valence-corrected chi connectivity index (χ0v) is 13.8. The van der Waals surface area contributed by atoms with Crippen LogP contribution in [0.15, 0.2) is 30.3 Å². The Balaban J connectivity index is 1.89. The SMILES string of the molecule is COc1ccc(C(=O)N[C@H]2C(=O)Nc3c2ccc(Cl)c3Cl)c(F)c1. The summed E-state index contributed by atoms with van der Waals surface area (Å²) in [6, 6.07) is 5.95. The summed E-state index contributed by atoms with van der Waals surface area (Å²) in [7, 11) is 1.39. The standard InChI is InChI=1S/C16H11Cl2FN2O3/c1-24-7-2-3-8(11(19)6-7)15(22)21-14-9-4-5-10(17)12(18)13(9)20-16(14)23/h2-6,14H,1H3,(H,20,23)(H,21,22)/t14-/m1/s1. The minimum Gasteiger partial charge on any atom is -0.497 e. The fraction of sp³-hybridized carbons (Fsp3) is 0.125. The zero-order valence-electron chi connectivity index (χ0n) is 12.3. The number of carbonyl (C=O) groups is 2. The van der Waals surface area contributed by atoms with Crippen LogP contribution in [-0.2, 0) is 4.79 Å². The van der Waals surface area contributed by atoms with Crippen LogP contribution in [0.5, 0.6) is 5.75 Å². The Labute approximate surface area is 146 Å². The molecule has 0 spiro atoms. The second-order valence-electron chi connectivity index (χ2n) is 5.07. The normalized spacial score (nSPS) is 15.7. The van der Waals surface area contributed by atoms with Gasteiger partial charge in [0.25, 0.3) is 11.8 Å². The number of fused-ring (bicyclic) bond motifs is 1. The Bertz CT molecular complexity index is 857. The molecule has 24 heavy (non-hydrogen) atoms. The topological polar surface area (TPSA) is 67.4 Å².